The van der Waals surface area contributed by atoms with Crippen LogP contribution in [0.3, 0.4) is 0 Å². The van der Waals surface area contributed by atoms with Gasteiger partial charge in [0.15, 0.2) is 0 Å². The molecule has 11 nitrogen and oxygen atoms in total. The van der Waals surface area contributed by atoms with Crippen molar-refractivity contribution in [2.45, 2.75) is 58.2 Å². The quantitative estimate of drug-likeness (QED) is 0.247. The molecule has 0 aliphatic heterocycles. The number of amides is 4. The second-order valence-corrected chi connectivity index (χ2v) is 9.31. The summed E-state index contributed by atoms with van der Waals surface area (Å²) in [5, 5.41) is 7.77. The van der Waals surface area contributed by atoms with Crippen molar-refractivity contribution in [3.05, 3.63) is 18.2 Å². The average molecular weight is 457 g/mol. The summed E-state index contributed by atoms with van der Waals surface area (Å²) in [4.78, 5) is 55.7. The number of hydrogen-bond acceptors (Lipinski definition) is 6. The van der Waals surface area contributed by atoms with E-state index in [1.165, 1.54) is 25.7 Å². The molecule has 1 aromatic rings. The Kier molecular flexibility index (Phi) is 10.9. The van der Waals surface area contributed by atoms with Gasteiger partial charge in [-0.1, -0.05) is 13.8 Å². The molecule has 0 fully saturated rings. The summed E-state index contributed by atoms with van der Waals surface area (Å²) in [7, 11) is -1.15. The maximum atomic E-state index is 12.9. The van der Waals surface area contributed by atoms with Crippen LogP contribution in [0.25, 0.3) is 0 Å². The fourth-order valence-corrected chi connectivity index (χ4v) is 3.46. The molecule has 0 bridgehead atoms. The van der Waals surface area contributed by atoms with E-state index in [4.69, 9.17) is 5.73 Å². The molecule has 0 radical (unpaired) electrons. The van der Waals surface area contributed by atoms with E-state index in [1.807, 2.05) is 13.8 Å². The third-order valence-corrected chi connectivity index (χ3v) is 5.18. The molecule has 0 saturated heterocycles. The van der Waals surface area contributed by atoms with E-state index < -0.39 is 52.6 Å². The summed E-state index contributed by atoms with van der Waals surface area (Å²) in [6.07, 6.45) is 5.08. The highest BCUT2D eigenvalue weighted by Gasteiger charge is 2.29. The summed E-state index contributed by atoms with van der Waals surface area (Å²) in [5.74, 6) is -2.01. The predicted octanol–water partition coefficient (Wildman–Crippen LogP) is -1.27. The van der Waals surface area contributed by atoms with E-state index in [9.17, 15) is 23.4 Å². The highest BCUT2D eigenvalue weighted by atomic mass is 32.2. The van der Waals surface area contributed by atoms with Crippen LogP contribution in [0.5, 0.6) is 0 Å². The lowest BCUT2D eigenvalue weighted by Gasteiger charge is -2.25. The van der Waals surface area contributed by atoms with Crippen LogP contribution >= 0.6 is 0 Å². The monoisotopic (exact) mass is 456 g/mol. The number of imidazole rings is 1. The first-order valence-corrected chi connectivity index (χ1v) is 11.7. The zero-order chi connectivity index (χ0) is 23.6. The van der Waals surface area contributed by atoms with Crippen molar-refractivity contribution in [2.24, 2.45) is 11.7 Å². The molecule has 0 aliphatic rings. The van der Waals surface area contributed by atoms with E-state index in [2.05, 4.69) is 25.9 Å². The number of rotatable bonds is 13. The first-order chi connectivity index (χ1) is 14.5. The smallest absolute Gasteiger partial charge is 0.243 e. The van der Waals surface area contributed by atoms with Crippen molar-refractivity contribution in [2.75, 3.05) is 12.0 Å². The number of aromatic nitrogens is 2. The Morgan fingerprint density at radius 1 is 1.10 bits per heavy atom. The Morgan fingerprint density at radius 3 is 2.19 bits per heavy atom. The van der Waals surface area contributed by atoms with Crippen molar-refractivity contribution in [1.82, 2.24) is 25.9 Å². The number of H-pyrrole nitrogens is 1. The zero-order valence-corrected chi connectivity index (χ0v) is 19.1. The summed E-state index contributed by atoms with van der Waals surface area (Å²) in [6, 6.07) is -2.87. The molecule has 4 amide bonds. The minimum atomic E-state index is -1.15. The minimum Gasteiger partial charge on any atom is -0.368 e. The van der Waals surface area contributed by atoms with Gasteiger partial charge in [-0.3, -0.25) is 23.4 Å². The normalized spacial score (nSPS) is 14.9. The molecular weight excluding hydrogens is 424 g/mol. The number of hydrogen-bond donors (Lipinski definition) is 5. The fourth-order valence-electron chi connectivity index (χ4n) is 2.89. The Balaban J connectivity index is 2.93. The van der Waals surface area contributed by atoms with Crippen molar-refractivity contribution >= 4 is 34.4 Å². The molecule has 4 atom stereocenters. The third kappa shape index (κ3) is 10.2. The van der Waals surface area contributed by atoms with Gasteiger partial charge in [-0.25, -0.2) is 4.98 Å². The van der Waals surface area contributed by atoms with Gasteiger partial charge in [0, 0.05) is 48.0 Å². The summed E-state index contributed by atoms with van der Waals surface area (Å²) >= 11 is 0. The lowest BCUT2D eigenvalue weighted by atomic mass is 10.0. The largest absolute Gasteiger partial charge is 0.368 e. The molecule has 6 N–H and O–H groups in total. The van der Waals surface area contributed by atoms with Crippen LogP contribution in [0, 0.1) is 5.92 Å². The van der Waals surface area contributed by atoms with Crippen molar-refractivity contribution < 1.29 is 23.4 Å². The molecule has 12 heteroatoms. The van der Waals surface area contributed by atoms with Crippen LogP contribution in [0.15, 0.2) is 12.5 Å². The van der Waals surface area contributed by atoms with Gasteiger partial charge in [0.2, 0.25) is 23.6 Å². The van der Waals surface area contributed by atoms with E-state index in [0.29, 0.717) is 12.1 Å². The Hall–Kier alpha value is -2.76. The van der Waals surface area contributed by atoms with Gasteiger partial charge < -0.3 is 26.7 Å². The molecule has 0 saturated carbocycles. The van der Waals surface area contributed by atoms with Crippen LogP contribution in [-0.4, -0.2) is 67.9 Å². The maximum absolute atomic E-state index is 12.9. The lowest BCUT2D eigenvalue weighted by Crippen LogP contribution is -2.57. The highest BCUT2D eigenvalue weighted by molar-refractivity contribution is 7.84. The molecule has 174 valence electrons. The molecule has 1 rings (SSSR count). The molecule has 0 aliphatic carbocycles. The molecular formula is C19H32N6O5S. The van der Waals surface area contributed by atoms with Gasteiger partial charge in [0.1, 0.15) is 18.1 Å². The summed E-state index contributed by atoms with van der Waals surface area (Å²) in [6.45, 7) is 5.06. The van der Waals surface area contributed by atoms with Gasteiger partial charge in [-0.2, -0.15) is 0 Å². The van der Waals surface area contributed by atoms with Gasteiger partial charge in [0.25, 0.3) is 0 Å². The van der Waals surface area contributed by atoms with E-state index in [0.717, 1.165) is 0 Å². The second kappa shape index (κ2) is 12.8. The van der Waals surface area contributed by atoms with E-state index >= 15 is 0 Å². The fraction of sp³-hybridized carbons (Fsp3) is 0.632. The second-order valence-electron chi connectivity index (χ2n) is 7.75. The molecule has 1 aromatic heterocycles. The number of carbonyl (C=O) groups is 4. The molecule has 0 spiro atoms. The highest BCUT2D eigenvalue weighted by Crippen LogP contribution is 2.08. The van der Waals surface area contributed by atoms with E-state index in [1.54, 1.807) is 0 Å². The van der Waals surface area contributed by atoms with Gasteiger partial charge in [-0.15, -0.1) is 0 Å². The molecule has 0 aromatic carbocycles. The van der Waals surface area contributed by atoms with Gasteiger partial charge >= 0.3 is 0 Å². The predicted molar refractivity (Wildman–Crippen MR) is 116 cm³/mol. The topological polar surface area (TPSA) is 176 Å². The van der Waals surface area contributed by atoms with Crippen molar-refractivity contribution in [3.8, 4) is 0 Å². The number of nitrogens with zero attached hydrogens (tertiary/aromatic N) is 1. The zero-order valence-electron chi connectivity index (χ0n) is 18.3. The summed E-state index contributed by atoms with van der Waals surface area (Å²) < 4.78 is 11.3. The Labute approximate surface area is 184 Å². The molecule has 31 heavy (non-hydrogen) atoms. The lowest BCUT2D eigenvalue weighted by molar-refractivity contribution is -0.133. The standard InChI is InChI=1S/C19H32N6O5S/c1-11(2)7-15(18(28)24-14(17(20)27)5-6-31(4)30)25-19(29)16(23-12(3)26)8-13-9-21-10-22-13/h9-11,14-16H,5-8H2,1-4H3,(H2,20,27)(H,21,22)(H,23,26)(H,24,28)(H,25,29)/t14-,15-,16-,31?/m0/s1. The number of primary amides is 1. The average Bonchev–Trinajstić information content (AvgIpc) is 3.15. The number of aromatic amines is 1. The van der Waals surface area contributed by atoms with Crippen molar-refractivity contribution in [3.63, 3.8) is 0 Å². The first-order valence-electron chi connectivity index (χ1n) is 9.94. The van der Waals surface area contributed by atoms with Gasteiger partial charge in [0.05, 0.1) is 6.33 Å². The van der Waals surface area contributed by atoms with Crippen LogP contribution in [0.2, 0.25) is 0 Å². The number of nitrogens with two attached hydrogens (primary N) is 1. The van der Waals surface area contributed by atoms with Crippen LogP contribution in [0.1, 0.15) is 39.3 Å². The van der Waals surface area contributed by atoms with Crippen LogP contribution in [-0.2, 0) is 36.4 Å². The Bertz CT molecular complexity index is 783. The molecule has 1 heterocycles. The van der Waals surface area contributed by atoms with Crippen LogP contribution < -0.4 is 21.7 Å². The van der Waals surface area contributed by atoms with Crippen molar-refractivity contribution in [1.29, 1.82) is 0 Å². The van der Waals surface area contributed by atoms with E-state index in [-0.39, 0.29) is 24.5 Å². The minimum absolute atomic E-state index is 0.0537. The van der Waals surface area contributed by atoms with Crippen LogP contribution in [0.4, 0.5) is 0 Å². The number of carbonyl (C=O) groups excluding carboxylic acids is 4. The Morgan fingerprint density at radius 2 is 1.71 bits per heavy atom. The molecule has 1 unspecified atom stereocenters. The maximum Gasteiger partial charge on any atom is 0.243 e. The van der Waals surface area contributed by atoms with Gasteiger partial charge in [-0.05, 0) is 18.8 Å². The number of nitrogens with one attached hydrogen (secondary N) is 4. The first kappa shape index (κ1) is 26.3. The third-order valence-electron chi connectivity index (χ3n) is 4.37. The summed E-state index contributed by atoms with van der Waals surface area (Å²) in [5.41, 5.74) is 5.99. The SMILES string of the molecule is CC(=O)N[C@@H](Cc1cnc[nH]1)C(=O)N[C@@H](CC(C)C)C(=O)N[C@@H](CCS(C)=O)C(N)=O.